The number of anilines is 1. The van der Waals surface area contributed by atoms with Gasteiger partial charge in [0.2, 0.25) is 0 Å². The number of ether oxygens (including phenoxy) is 2. The molecule has 0 heterocycles. The van der Waals surface area contributed by atoms with Crippen molar-refractivity contribution in [1.82, 2.24) is 0 Å². The molecule has 0 saturated carbocycles. The van der Waals surface area contributed by atoms with Crippen LogP contribution in [0.25, 0.3) is 0 Å². The first-order valence-corrected chi connectivity index (χ1v) is 5.88. The van der Waals surface area contributed by atoms with Crippen LogP contribution in [0.5, 0.6) is 17.2 Å². The van der Waals surface area contributed by atoms with Crippen LogP contribution in [0.1, 0.15) is 0 Å². The maximum Gasteiger partial charge on any atom is 0.183 e. The molecule has 20 heavy (non-hydrogen) atoms. The van der Waals surface area contributed by atoms with E-state index in [1.165, 1.54) is 14.2 Å². The van der Waals surface area contributed by atoms with Gasteiger partial charge >= 0.3 is 0 Å². The highest BCUT2D eigenvalue weighted by Gasteiger charge is 2.11. The number of methoxy groups -OCH3 is 2. The number of hydrogen-bond donors (Lipinski definition) is 3. The van der Waals surface area contributed by atoms with Crippen molar-refractivity contribution in [3.8, 4) is 17.2 Å². The predicted octanol–water partition coefficient (Wildman–Crippen LogP) is 2.32. The molecule has 0 amide bonds. The third-order valence-corrected chi connectivity index (χ3v) is 2.70. The van der Waals surface area contributed by atoms with Gasteiger partial charge in [-0.25, -0.2) is 0 Å². The largest absolute Gasteiger partial charge is 0.503 e. The van der Waals surface area contributed by atoms with Crippen LogP contribution in [-0.4, -0.2) is 30.7 Å². The number of phenolic OH excluding ortho intramolecular Hbond substituents is 1. The van der Waals surface area contributed by atoms with E-state index in [4.69, 9.17) is 14.9 Å². The van der Waals surface area contributed by atoms with Gasteiger partial charge in [-0.3, -0.25) is 10.8 Å². The Morgan fingerprint density at radius 3 is 2.55 bits per heavy atom. The summed E-state index contributed by atoms with van der Waals surface area (Å²) in [5.74, 6) is 0.734. The maximum absolute atomic E-state index is 10.0. The second kappa shape index (κ2) is 5.92. The van der Waals surface area contributed by atoms with Crippen LogP contribution in [0.2, 0.25) is 0 Å². The van der Waals surface area contributed by atoms with Gasteiger partial charge in [-0.15, -0.1) is 0 Å². The van der Waals surface area contributed by atoms with Gasteiger partial charge in [0.05, 0.1) is 19.9 Å². The van der Waals surface area contributed by atoms with Crippen LogP contribution in [0.4, 0.5) is 5.69 Å². The number of hydrogen-bond acceptors (Lipinski definition) is 6. The summed E-state index contributed by atoms with van der Waals surface area (Å²) in [7, 11) is 2.97. The number of rotatable bonds is 4. The molecule has 0 atom stereocenters. The van der Waals surface area contributed by atoms with Crippen molar-refractivity contribution < 1.29 is 14.6 Å². The molecular weight excluding hydrogens is 258 g/mol. The number of allylic oxidation sites excluding steroid dienone is 4. The van der Waals surface area contributed by atoms with E-state index < -0.39 is 0 Å². The summed E-state index contributed by atoms with van der Waals surface area (Å²) in [5.41, 5.74) is 3.80. The normalized spacial score (nSPS) is 15.5. The summed E-state index contributed by atoms with van der Waals surface area (Å²) in [4.78, 5) is 0. The van der Waals surface area contributed by atoms with Crippen LogP contribution in [0, 0.1) is 5.41 Å². The molecule has 1 aliphatic rings. The van der Waals surface area contributed by atoms with Crippen molar-refractivity contribution in [1.29, 1.82) is 5.41 Å². The molecule has 0 spiro atoms. The molecule has 2 rings (SSSR count). The molecule has 0 fully saturated rings. The van der Waals surface area contributed by atoms with Gasteiger partial charge < -0.3 is 14.6 Å². The lowest BCUT2D eigenvalue weighted by Crippen LogP contribution is -2.11. The zero-order valence-corrected chi connectivity index (χ0v) is 11.2. The van der Waals surface area contributed by atoms with Crippen LogP contribution in [0.3, 0.4) is 0 Å². The molecule has 6 heteroatoms. The van der Waals surface area contributed by atoms with E-state index in [0.29, 0.717) is 17.1 Å². The Hall–Kier alpha value is -2.76. The highest BCUT2D eigenvalue weighted by atomic mass is 16.5. The molecule has 0 bridgehead atoms. The lowest BCUT2D eigenvalue weighted by molar-refractivity contribution is 0.365. The predicted molar refractivity (Wildman–Crippen MR) is 78.3 cm³/mol. The summed E-state index contributed by atoms with van der Waals surface area (Å²) in [6.45, 7) is 0. The smallest absolute Gasteiger partial charge is 0.183 e. The highest BCUT2D eigenvalue weighted by Crippen LogP contribution is 2.38. The van der Waals surface area contributed by atoms with Gasteiger partial charge in [0.25, 0.3) is 0 Å². The Labute approximate surface area is 116 Å². The monoisotopic (exact) mass is 273 g/mol. The van der Waals surface area contributed by atoms with Crippen LogP contribution in [-0.2, 0) is 0 Å². The standard InChI is InChI=1S/C14H15N3O3/c1-19-9-7-12(14(18)13(8-9)20-2)17-16-11-6-4-3-5-10(11)15/h3-8,15,17-18H,1-2H3/b15-10?,16-11-. The Bertz CT molecular complexity index is 618. The van der Waals surface area contributed by atoms with Crippen molar-refractivity contribution >= 4 is 17.1 Å². The fourth-order valence-electron chi connectivity index (χ4n) is 1.63. The molecule has 0 aromatic heterocycles. The number of aromatic hydroxyl groups is 1. The summed E-state index contributed by atoms with van der Waals surface area (Å²) >= 11 is 0. The Morgan fingerprint density at radius 2 is 1.90 bits per heavy atom. The van der Waals surface area contributed by atoms with Crippen LogP contribution >= 0.6 is 0 Å². The van der Waals surface area contributed by atoms with E-state index >= 15 is 0 Å². The quantitative estimate of drug-likeness (QED) is 0.446. The number of phenols is 1. The third kappa shape index (κ3) is 2.80. The SMILES string of the molecule is COc1cc(N/N=C2/C=CC=CC2=N)c(O)c(OC)c1. The summed E-state index contributed by atoms with van der Waals surface area (Å²) < 4.78 is 10.2. The lowest BCUT2D eigenvalue weighted by Gasteiger charge is -2.11. The van der Waals surface area contributed by atoms with Gasteiger partial charge in [-0.2, -0.15) is 5.10 Å². The summed E-state index contributed by atoms with van der Waals surface area (Å²) in [6, 6.07) is 3.16. The molecule has 1 aromatic rings. The fraction of sp³-hybridized carbons (Fsp3) is 0.143. The van der Waals surface area contributed by atoms with E-state index in [-0.39, 0.29) is 17.2 Å². The molecule has 3 N–H and O–H groups in total. The molecule has 0 radical (unpaired) electrons. The Kier molecular flexibility index (Phi) is 4.05. The molecule has 1 aromatic carbocycles. The molecule has 0 unspecified atom stereocenters. The lowest BCUT2D eigenvalue weighted by atomic mass is 10.1. The van der Waals surface area contributed by atoms with Crippen molar-refractivity contribution in [3.05, 3.63) is 36.4 Å². The minimum Gasteiger partial charge on any atom is -0.503 e. The van der Waals surface area contributed by atoms with Crippen molar-refractivity contribution in [2.75, 3.05) is 19.6 Å². The fourth-order valence-corrected chi connectivity index (χ4v) is 1.63. The van der Waals surface area contributed by atoms with E-state index in [0.717, 1.165) is 0 Å². The minimum absolute atomic E-state index is 0.0699. The molecular formula is C14H15N3O3. The minimum atomic E-state index is -0.0699. The van der Waals surface area contributed by atoms with E-state index in [9.17, 15) is 5.11 Å². The molecule has 6 nitrogen and oxygen atoms in total. The molecule has 0 saturated heterocycles. The van der Waals surface area contributed by atoms with E-state index in [1.54, 1.807) is 36.4 Å². The zero-order valence-electron chi connectivity index (χ0n) is 11.2. The van der Waals surface area contributed by atoms with Crippen molar-refractivity contribution in [3.63, 3.8) is 0 Å². The average Bonchev–Trinajstić information content (AvgIpc) is 2.47. The summed E-state index contributed by atoms with van der Waals surface area (Å²) in [5, 5.41) is 21.8. The number of hydrazone groups is 1. The Balaban J connectivity index is 2.29. The zero-order chi connectivity index (χ0) is 14.5. The van der Waals surface area contributed by atoms with Crippen LogP contribution in [0.15, 0.2) is 41.5 Å². The van der Waals surface area contributed by atoms with Gasteiger partial charge in [-0.05, 0) is 12.2 Å². The van der Waals surface area contributed by atoms with Crippen LogP contribution < -0.4 is 14.9 Å². The van der Waals surface area contributed by atoms with E-state index in [2.05, 4.69) is 10.5 Å². The van der Waals surface area contributed by atoms with Gasteiger partial charge in [0.1, 0.15) is 17.1 Å². The van der Waals surface area contributed by atoms with E-state index in [1.807, 2.05) is 0 Å². The van der Waals surface area contributed by atoms with Gasteiger partial charge in [0, 0.05) is 12.1 Å². The van der Waals surface area contributed by atoms with Crippen molar-refractivity contribution in [2.24, 2.45) is 5.10 Å². The number of benzene rings is 1. The third-order valence-electron chi connectivity index (χ3n) is 2.70. The first-order chi connectivity index (χ1) is 9.65. The second-order valence-corrected chi connectivity index (χ2v) is 3.97. The number of nitrogens with one attached hydrogen (secondary N) is 2. The maximum atomic E-state index is 10.0. The first-order valence-electron chi connectivity index (χ1n) is 5.88. The highest BCUT2D eigenvalue weighted by molar-refractivity contribution is 6.50. The Morgan fingerprint density at radius 1 is 1.15 bits per heavy atom. The first kappa shape index (κ1) is 13.7. The van der Waals surface area contributed by atoms with Crippen molar-refractivity contribution in [2.45, 2.75) is 0 Å². The summed E-state index contributed by atoms with van der Waals surface area (Å²) in [6.07, 6.45) is 6.87. The topological polar surface area (TPSA) is 86.9 Å². The second-order valence-electron chi connectivity index (χ2n) is 3.97. The molecule has 104 valence electrons. The average molecular weight is 273 g/mol. The van der Waals surface area contributed by atoms with Gasteiger partial charge in [0.15, 0.2) is 11.5 Å². The number of nitrogens with zero attached hydrogens (tertiary/aromatic N) is 1. The molecule has 0 aliphatic heterocycles. The molecule has 1 aliphatic carbocycles. The van der Waals surface area contributed by atoms with Gasteiger partial charge in [-0.1, -0.05) is 12.2 Å².